The summed E-state index contributed by atoms with van der Waals surface area (Å²) in [5.74, 6) is -0.448. The van der Waals surface area contributed by atoms with E-state index in [0.29, 0.717) is 17.9 Å². The standard InChI is InChI=1S/C18H16N6O4/c25-17(11-23-13-19-18(22-23)24(26)27)21-20-10-15-8-4-5-9-16(15)28-12-14-6-2-1-3-7-14/h1-10,13H,11-12H2,(H,21,25). The van der Waals surface area contributed by atoms with Gasteiger partial charge in [-0.05, 0) is 22.6 Å². The van der Waals surface area contributed by atoms with Crippen LogP contribution in [0.4, 0.5) is 5.95 Å². The molecule has 1 heterocycles. The zero-order chi connectivity index (χ0) is 19.8. The lowest BCUT2D eigenvalue weighted by Crippen LogP contribution is -2.23. The van der Waals surface area contributed by atoms with Crippen molar-refractivity contribution in [1.29, 1.82) is 0 Å². The molecule has 0 saturated carbocycles. The number of carbonyl (C=O) groups is 1. The lowest BCUT2D eigenvalue weighted by Gasteiger charge is -2.08. The minimum Gasteiger partial charge on any atom is -0.488 e. The Morgan fingerprint density at radius 1 is 1.21 bits per heavy atom. The van der Waals surface area contributed by atoms with Gasteiger partial charge in [0.25, 0.3) is 5.91 Å². The summed E-state index contributed by atoms with van der Waals surface area (Å²) in [6.45, 7) is 0.160. The van der Waals surface area contributed by atoms with Crippen molar-refractivity contribution in [1.82, 2.24) is 20.2 Å². The van der Waals surface area contributed by atoms with Crippen molar-refractivity contribution >= 4 is 18.1 Å². The molecule has 2 aromatic carbocycles. The first-order valence-corrected chi connectivity index (χ1v) is 8.23. The van der Waals surface area contributed by atoms with Crippen LogP contribution in [0.2, 0.25) is 0 Å². The summed E-state index contributed by atoms with van der Waals surface area (Å²) < 4.78 is 6.87. The van der Waals surface area contributed by atoms with E-state index in [1.165, 1.54) is 6.21 Å². The zero-order valence-corrected chi connectivity index (χ0v) is 14.6. The Hall–Kier alpha value is -4.08. The van der Waals surface area contributed by atoms with Gasteiger partial charge in [0.15, 0.2) is 0 Å². The van der Waals surface area contributed by atoms with Gasteiger partial charge in [-0.15, -0.1) is 0 Å². The van der Waals surface area contributed by atoms with Crippen LogP contribution >= 0.6 is 0 Å². The van der Waals surface area contributed by atoms with Gasteiger partial charge in [-0.2, -0.15) is 9.78 Å². The van der Waals surface area contributed by atoms with E-state index < -0.39 is 16.8 Å². The van der Waals surface area contributed by atoms with Gasteiger partial charge in [0.2, 0.25) is 6.33 Å². The summed E-state index contributed by atoms with van der Waals surface area (Å²) >= 11 is 0. The number of hydrogen-bond acceptors (Lipinski definition) is 7. The number of amides is 1. The molecule has 0 bridgehead atoms. The first-order chi connectivity index (χ1) is 13.6. The zero-order valence-electron chi connectivity index (χ0n) is 14.6. The smallest absolute Gasteiger partial charge is 0.488 e. The Morgan fingerprint density at radius 3 is 2.71 bits per heavy atom. The van der Waals surface area contributed by atoms with Crippen LogP contribution in [-0.2, 0) is 17.9 Å². The maximum absolute atomic E-state index is 11.9. The fourth-order valence-electron chi connectivity index (χ4n) is 2.25. The Morgan fingerprint density at radius 2 is 1.96 bits per heavy atom. The highest BCUT2D eigenvalue weighted by molar-refractivity contribution is 5.85. The van der Waals surface area contributed by atoms with E-state index in [1.54, 1.807) is 12.1 Å². The summed E-state index contributed by atoms with van der Waals surface area (Å²) in [7, 11) is 0. The van der Waals surface area contributed by atoms with E-state index in [-0.39, 0.29) is 6.54 Å². The molecule has 28 heavy (non-hydrogen) atoms. The summed E-state index contributed by atoms with van der Waals surface area (Å²) in [4.78, 5) is 25.1. The molecule has 142 valence electrons. The Balaban J connectivity index is 1.56. The highest BCUT2D eigenvalue weighted by Crippen LogP contribution is 2.17. The topological polar surface area (TPSA) is 125 Å². The van der Waals surface area contributed by atoms with Crippen LogP contribution in [0.1, 0.15) is 11.1 Å². The van der Waals surface area contributed by atoms with Crippen LogP contribution in [0.5, 0.6) is 5.75 Å². The molecule has 10 heteroatoms. The lowest BCUT2D eigenvalue weighted by molar-refractivity contribution is -0.394. The highest BCUT2D eigenvalue weighted by atomic mass is 16.6. The van der Waals surface area contributed by atoms with Crippen molar-refractivity contribution in [3.8, 4) is 5.75 Å². The van der Waals surface area contributed by atoms with Gasteiger partial charge in [-0.25, -0.2) is 5.43 Å². The SMILES string of the molecule is O=C(Cn1cnc([N+](=O)[O-])n1)NN=Cc1ccccc1OCc1ccccc1. The second kappa shape index (κ2) is 9.03. The van der Waals surface area contributed by atoms with Gasteiger partial charge in [-0.1, -0.05) is 47.4 Å². The van der Waals surface area contributed by atoms with Crippen LogP contribution in [0.15, 0.2) is 66.0 Å². The van der Waals surface area contributed by atoms with E-state index in [9.17, 15) is 14.9 Å². The molecule has 0 unspecified atom stereocenters. The fourth-order valence-corrected chi connectivity index (χ4v) is 2.25. The number of ether oxygens (including phenoxy) is 1. The van der Waals surface area contributed by atoms with E-state index in [1.807, 2.05) is 42.5 Å². The number of nitrogens with one attached hydrogen (secondary N) is 1. The maximum atomic E-state index is 11.9. The van der Waals surface area contributed by atoms with Crippen molar-refractivity contribution in [2.75, 3.05) is 0 Å². The minimum absolute atomic E-state index is 0.246. The van der Waals surface area contributed by atoms with Crippen molar-refractivity contribution in [2.24, 2.45) is 5.10 Å². The Kier molecular flexibility index (Phi) is 6.03. The fraction of sp³-hybridized carbons (Fsp3) is 0.111. The second-order valence-corrected chi connectivity index (χ2v) is 5.60. The number of aromatic nitrogens is 3. The molecule has 0 fully saturated rings. The largest absolute Gasteiger partial charge is 0.490 e. The van der Waals surface area contributed by atoms with Crippen LogP contribution in [-0.4, -0.2) is 31.8 Å². The number of rotatable bonds is 8. The molecule has 3 aromatic rings. The van der Waals surface area contributed by atoms with Gasteiger partial charge in [0.1, 0.15) is 18.9 Å². The molecule has 0 saturated heterocycles. The number of benzene rings is 2. The molecule has 3 rings (SSSR count). The second-order valence-electron chi connectivity index (χ2n) is 5.60. The summed E-state index contributed by atoms with van der Waals surface area (Å²) in [6, 6.07) is 17.0. The van der Waals surface area contributed by atoms with Gasteiger partial charge in [-0.3, -0.25) is 4.79 Å². The van der Waals surface area contributed by atoms with Gasteiger partial charge < -0.3 is 14.9 Å². The number of nitro groups is 1. The molecule has 10 nitrogen and oxygen atoms in total. The third-order valence-corrected chi connectivity index (χ3v) is 3.54. The molecule has 0 atom stereocenters. The predicted octanol–water partition coefficient (Wildman–Crippen LogP) is 1.92. The van der Waals surface area contributed by atoms with E-state index in [0.717, 1.165) is 16.6 Å². The molecule has 1 amide bonds. The summed E-state index contributed by atoms with van der Waals surface area (Å²) in [5, 5.41) is 18.0. The third kappa shape index (κ3) is 5.21. The number of hydrazone groups is 1. The molecule has 0 aliphatic carbocycles. The van der Waals surface area contributed by atoms with Crippen molar-refractivity contribution in [3.05, 3.63) is 82.2 Å². The van der Waals surface area contributed by atoms with Crippen LogP contribution in [0.25, 0.3) is 0 Å². The van der Waals surface area contributed by atoms with E-state index in [2.05, 4.69) is 20.6 Å². The van der Waals surface area contributed by atoms with Gasteiger partial charge in [0.05, 0.1) is 6.21 Å². The molecular formula is C18H16N6O4. The van der Waals surface area contributed by atoms with E-state index in [4.69, 9.17) is 4.74 Å². The Bertz CT molecular complexity index is 987. The number of hydrogen-bond donors (Lipinski definition) is 1. The number of nitrogens with zero attached hydrogens (tertiary/aromatic N) is 5. The molecule has 0 radical (unpaired) electrons. The minimum atomic E-state index is -0.737. The van der Waals surface area contributed by atoms with Crippen molar-refractivity contribution in [2.45, 2.75) is 13.2 Å². The first-order valence-electron chi connectivity index (χ1n) is 8.23. The first kappa shape index (κ1) is 18.7. The number of para-hydroxylation sites is 1. The predicted molar refractivity (Wildman–Crippen MR) is 99.6 cm³/mol. The maximum Gasteiger partial charge on any atom is 0.490 e. The molecule has 1 N–H and O–H groups in total. The van der Waals surface area contributed by atoms with Gasteiger partial charge in [0, 0.05) is 10.7 Å². The van der Waals surface area contributed by atoms with Crippen LogP contribution < -0.4 is 10.2 Å². The monoisotopic (exact) mass is 380 g/mol. The summed E-state index contributed by atoms with van der Waals surface area (Å²) in [6.07, 6.45) is 2.57. The quantitative estimate of drug-likeness (QED) is 0.362. The molecular weight excluding hydrogens is 364 g/mol. The highest BCUT2D eigenvalue weighted by Gasteiger charge is 2.14. The lowest BCUT2D eigenvalue weighted by atomic mass is 10.2. The van der Waals surface area contributed by atoms with Crippen molar-refractivity contribution in [3.63, 3.8) is 0 Å². The third-order valence-electron chi connectivity index (χ3n) is 3.54. The molecule has 0 spiro atoms. The van der Waals surface area contributed by atoms with E-state index >= 15 is 0 Å². The Labute approximate surface area is 159 Å². The number of carbonyl (C=O) groups excluding carboxylic acids is 1. The molecule has 0 aliphatic rings. The van der Waals surface area contributed by atoms with Crippen molar-refractivity contribution < 1.29 is 14.5 Å². The van der Waals surface area contributed by atoms with Crippen LogP contribution in [0.3, 0.4) is 0 Å². The summed E-state index contributed by atoms with van der Waals surface area (Å²) in [5.41, 5.74) is 4.06. The molecule has 1 aromatic heterocycles. The molecule has 0 aliphatic heterocycles. The van der Waals surface area contributed by atoms with Crippen LogP contribution in [0, 0.1) is 10.1 Å². The van der Waals surface area contributed by atoms with Gasteiger partial charge >= 0.3 is 5.95 Å². The average molecular weight is 380 g/mol. The average Bonchev–Trinajstić information content (AvgIpc) is 3.17. The normalized spacial score (nSPS) is 10.7.